The van der Waals surface area contributed by atoms with Crippen molar-refractivity contribution in [1.29, 1.82) is 0 Å². The molecule has 3 rings (SSSR count). The molecule has 110 valence electrons. The highest BCUT2D eigenvalue weighted by atomic mass is 35.5. The molecular formula is C15H8ClFN2O3. The fourth-order valence-corrected chi connectivity index (χ4v) is 2.04. The minimum atomic E-state index is -0.826. The number of benzene rings is 2. The molecule has 0 radical (unpaired) electrons. The van der Waals surface area contributed by atoms with Gasteiger partial charge in [-0.1, -0.05) is 23.7 Å². The van der Waals surface area contributed by atoms with E-state index >= 15 is 0 Å². The van der Waals surface area contributed by atoms with Gasteiger partial charge in [-0.25, -0.2) is 9.18 Å². The molecule has 2 aromatic carbocycles. The summed E-state index contributed by atoms with van der Waals surface area (Å²) in [4.78, 5) is 11.8. The maximum Gasteiger partial charge on any atom is 0.368 e. The fraction of sp³-hybridized carbons (Fsp3) is 0. The van der Waals surface area contributed by atoms with Gasteiger partial charge in [0, 0.05) is 0 Å². The number of aromatic hydroxyl groups is 1. The van der Waals surface area contributed by atoms with Crippen molar-refractivity contribution in [2.75, 3.05) is 0 Å². The minimum absolute atomic E-state index is 0.119. The SMILES string of the molecule is O=c1oc2ccccc2c(O)c1N=Nc1ccc(F)c(Cl)c1. The molecule has 0 fully saturated rings. The highest BCUT2D eigenvalue weighted by Crippen LogP contribution is 2.32. The summed E-state index contributed by atoms with van der Waals surface area (Å²) in [5.74, 6) is -0.919. The van der Waals surface area contributed by atoms with Crippen molar-refractivity contribution in [3.63, 3.8) is 0 Å². The smallest absolute Gasteiger partial charge is 0.368 e. The van der Waals surface area contributed by atoms with Crippen molar-refractivity contribution in [2.45, 2.75) is 0 Å². The van der Waals surface area contributed by atoms with Gasteiger partial charge in [0.25, 0.3) is 0 Å². The van der Waals surface area contributed by atoms with E-state index in [1.165, 1.54) is 12.1 Å². The second kappa shape index (κ2) is 5.57. The largest absolute Gasteiger partial charge is 0.505 e. The molecule has 0 bridgehead atoms. The lowest BCUT2D eigenvalue weighted by molar-refractivity contribution is 0.469. The first-order chi connectivity index (χ1) is 10.6. The van der Waals surface area contributed by atoms with Crippen molar-refractivity contribution in [2.24, 2.45) is 10.2 Å². The number of hydrogen-bond acceptors (Lipinski definition) is 5. The van der Waals surface area contributed by atoms with Crippen LogP contribution in [0.4, 0.5) is 15.8 Å². The Morgan fingerprint density at radius 2 is 1.91 bits per heavy atom. The molecule has 0 aliphatic heterocycles. The quantitative estimate of drug-likeness (QED) is 0.549. The average molecular weight is 319 g/mol. The summed E-state index contributed by atoms with van der Waals surface area (Å²) in [7, 11) is 0. The van der Waals surface area contributed by atoms with Gasteiger partial charge in [-0.3, -0.25) is 0 Å². The molecule has 0 saturated heterocycles. The molecule has 22 heavy (non-hydrogen) atoms. The maximum atomic E-state index is 13.1. The van der Waals surface area contributed by atoms with E-state index in [4.69, 9.17) is 16.0 Å². The molecule has 0 unspecified atom stereocenters. The van der Waals surface area contributed by atoms with Crippen molar-refractivity contribution >= 4 is 33.9 Å². The van der Waals surface area contributed by atoms with E-state index in [-0.39, 0.29) is 27.7 Å². The van der Waals surface area contributed by atoms with Gasteiger partial charge in [0.1, 0.15) is 11.4 Å². The van der Waals surface area contributed by atoms with Crippen LogP contribution in [0.25, 0.3) is 11.0 Å². The standard InChI is InChI=1S/C15H8ClFN2O3/c16-10-7-8(5-6-11(10)17)18-19-13-14(20)9-3-1-2-4-12(9)22-15(13)21/h1-7,20H. The third-order valence-electron chi connectivity index (χ3n) is 2.93. The lowest BCUT2D eigenvalue weighted by Gasteiger charge is -2.01. The first-order valence-corrected chi connectivity index (χ1v) is 6.55. The fourth-order valence-electron chi connectivity index (χ4n) is 1.87. The third kappa shape index (κ3) is 2.56. The summed E-state index contributed by atoms with van der Waals surface area (Å²) in [6.07, 6.45) is 0. The van der Waals surface area contributed by atoms with Gasteiger partial charge < -0.3 is 9.52 Å². The Balaban J connectivity index is 2.08. The van der Waals surface area contributed by atoms with Crippen LogP contribution in [0, 0.1) is 5.82 Å². The number of para-hydroxylation sites is 1. The molecule has 0 aliphatic carbocycles. The van der Waals surface area contributed by atoms with Crippen LogP contribution in [0.1, 0.15) is 0 Å². The molecule has 0 aliphatic rings. The van der Waals surface area contributed by atoms with Crippen LogP contribution in [0.2, 0.25) is 5.02 Å². The van der Waals surface area contributed by atoms with Gasteiger partial charge in [-0.2, -0.15) is 5.11 Å². The van der Waals surface area contributed by atoms with Crippen LogP contribution >= 0.6 is 11.6 Å². The molecule has 5 nitrogen and oxygen atoms in total. The zero-order valence-electron chi connectivity index (χ0n) is 11.0. The van der Waals surface area contributed by atoms with Gasteiger partial charge in [0.15, 0.2) is 5.75 Å². The predicted octanol–water partition coefficient (Wildman–Crippen LogP) is 4.71. The van der Waals surface area contributed by atoms with E-state index in [2.05, 4.69) is 10.2 Å². The molecule has 1 heterocycles. The van der Waals surface area contributed by atoms with Gasteiger partial charge in [-0.15, -0.1) is 5.11 Å². The lowest BCUT2D eigenvalue weighted by atomic mass is 10.2. The van der Waals surface area contributed by atoms with Crippen LogP contribution in [0.5, 0.6) is 5.75 Å². The Hall–Kier alpha value is -2.73. The van der Waals surface area contributed by atoms with Crippen LogP contribution in [0.3, 0.4) is 0 Å². The second-order valence-corrected chi connectivity index (χ2v) is 4.79. The molecule has 1 N–H and O–H groups in total. The second-order valence-electron chi connectivity index (χ2n) is 4.38. The lowest BCUT2D eigenvalue weighted by Crippen LogP contribution is -1.98. The van der Waals surface area contributed by atoms with E-state index in [1.54, 1.807) is 24.3 Å². The van der Waals surface area contributed by atoms with E-state index < -0.39 is 11.4 Å². The molecule has 0 atom stereocenters. The summed E-state index contributed by atoms with van der Waals surface area (Å²) in [5.41, 5.74) is -0.681. The average Bonchev–Trinajstić information content (AvgIpc) is 2.50. The van der Waals surface area contributed by atoms with Crippen molar-refractivity contribution in [3.05, 3.63) is 63.7 Å². The third-order valence-corrected chi connectivity index (χ3v) is 3.22. The molecule has 0 spiro atoms. The number of rotatable bonds is 2. The Bertz CT molecular complexity index is 953. The Kier molecular flexibility index (Phi) is 3.60. The van der Waals surface area contributed by atoms with E-state index in [0.29, 0.717) is 5.39 Å². The molecule has 7 heteroatoms. The van der Waals surface area contributed by atoms with Crippen LogP contribution < -0.4 is 5.63 Å². The molecule has 3 aromatic rings. The molecule has 0 saturated carbocycles. The van der Waals surface area contributed by atoms with Crippen molar-refractivity contribution in [3.8, 4) is 5.75 Å². The van der Waals surface area contributed by atoms with Gasteiger partial charge in [0.2, 0.25) is 5.69 Å². The number of azo groups is 1. The summed E-state index contributed by atoms with van der Waals surface area (Å²) in [6.45, 7) is 0. The first kappa shape index (κ1) is 14.2. The van der Waals surface area contributed by atoms with Gasteiger partial charge in [0.05, 0.1) is 16.1 Å². The summed E-state index contributed by atoms with van der Waals surface area (Å²) in [6, 6.07) is 10.2. The van der Waals surface area contributed by atoms with Crippen molar-refractivity contribution < 1.29 is 13.9 Å². The van der Waals surface area contributed by atoms with Crippen LogP contribution in [0.15, 0.2) is 61.9 Å². The highest BCUT2D eigenvalue weighted by Gasteiger charge is 2.13. The minimum Gasteiger partial charge on any atom is -0.505 e. The summed E-state index contributed by atoms with van der Waals surface area (Å²) < 4.78 is 18.1. The predicted molar refractivity (Wildman–Crippen MR) is 79.7 cm³/mol. The van der Waals surface area contributed by atoms with E-state index in [0.717, 1.165) is 6.07 Å². The zero-order chi connectivity index (χ0) is 15.7. The number of halogens is 2. The molecular weight excluding hydrogens is 311 g/mol. The zero-order valence-corrected chi connectivity index (χ0v) is 11.7. The number of fused-ring (bicyclic) bond motifs is 1. The van der Waals surface area contributed by atoms with E-state index in [9.17, 15) is 14.3 Å². The normalized spacial score (nSPS) is 11.4. The number of nitrogens with zero attached hydrogens (tertiary/aromatic N) is 2. The van der Waals surface area contributed by atoms with Crippen molar-refractivity contribution in [1.82, 2.24) is 0 Å². The number of hydrogen-bond donors (Lipinski definition) is 1. The molecule has 0 amide bonds. The van der Waals surface area contributed by atoms with E-state index in [1.807, 2.05) is 0 Å². The van der Waals surface area contributed by atoms with Gasteiger partial charge in [-0.05, 0) is 30.3 Å². The van der Waals surface area contributed by atoms with Gasteiger partial charge >= 0.3 is 5.63 Å². The summed E-state index contributed by atoms with van der Waals surface area (Å²) in [5, 5.41) is 17.8. The maximum absolute atomic E-state index is 13.1. The Morgan fingerprint density at radius 3 is 2.68 bits per heavy atom. The Morgan fingerprint density at radius 1 is 1.14 bits per heavy atom. The monoisotopic (exact) mass is 318 g/mol. The molecule has 1 aromatic heterocycles. The highest BCUT2D eigenvalue weighted by molar-refractivity contribution is 6.31. The van der Waals surface area contributed by atoms with Crippen LogP contribution in [-0.2, 0) is 0 Å². The topological polar surface area (TPSA) is 75.2 Å². The van der Waals surface area contributed by atoms with Crippen LogP contribution in [-0.4, -0.2) is 5.11 Å². The Labute approximate surface area is 128 Å². The summed E-state index contributed by atoms with van der Waals surface area (Å²) >= 11 is 5.63. The first-order valence-electron chi connectivity index (χ1n) is 6.18.